The van der Waals surface area contributed by atoms with Crippen LogP contribution in [0.25, 0.3) is 0 Å². The molecule has 18 heavy (non-hydrogen) atoms. The van der Waals surface area contributed by atoms with Crippen LogP contribution in [0.5, 0.6) is 0 Å². The van der Waals surface area contributed by atoms with Gasteiger partial charge in [0.1, 0.15) is 5.82 Å². The van der Waals surface area contributed by atoms with Crippen molar-refractivity contribution in [1.82, 2.24) is 20.5 Å². The maximum Gasteiger partial charge on any atom is 0.291 e. The summed E-state index contributed by atoms with van der Waals surface area (Å²) < 4.78 is 0. The lowest BCUT2D eigenvalue weighted by Gasteiger charge is -2.21. The summed E-state index contributed by atoms with van der Waals surface area (Å²) in [6.07, 6.45) is 3.62. The van der Waals surface area contributed by atoms with Gasteiger partial charge in [0, 0.05) is 18.7 Å². The van der Waals surface area contributed by atoms with E-state index in [1.54, 1.807) is 6.92 Å². The van der Waals surface area contributed by atoms with Gasteiger partial charge in [-0.25, -0.2) is 4.98 Å². The molecule has 0 aliphatic rings. The highest BCUT2D eigenvalue weighted by Gasteiger charge is 2.22. The van der Waals surface area contributed by atoms with Gasteiger partial charge in [-0.2, -0.15) is 11.8 Å². The zero-order chi connectivity index (χ0) is 13.6. The first-order valence-electron chi connectivity index (χ1n) is 5.89. The molecule has 3 N–H and O–H groups in total. The summed E-state index contributed by atoms with van der Waals surface area (Å²) in [5.74, 6) is 1.02. The van der Waals surface area contributed by atoms with E-state index in [1.165, 1.54) is 11.8 Å². The minimum Gasteiger partial charge on any atom is -0.387 e. The van der Waals surface area contributed by atoms with Gasteiger partial charge >= 0.3 is 0 Å². The molecule has 1 aromatic heterocycles. The lowest BCUT2D eigenvalue weighted by Crippen LogP contribution is -2.42. The second-order valence-corrected chi connectivity index (χ2v) is 5.33. The quantitative estimate of drug-likeness (QED) is 0.676. The minimum atomic E-state index is -0.919. The Labute approximate surface area is 111 Å². The van der Waals surface area contributed by atoms with Gasteiger partial charge in [0.2, 0.25) is 5.82 Å². The Kier molecular flexibility index (Phi) is 5.61. The van der Waals surface area contributed by atoms with Gasteiger partial charge in [-0.1, -0.05) is 6.92 Å². The van der Waals surface area contributed by atoms with Gasteiger partial charge < -0.3 is 10.4 Å². The van der Waals surface area contributed by atoms with Crippen molar-refractivity contribution >= 4 is 17.7 Å². The Morgan fingerprint density at radius 1 is 1.61 bits per heavy atom. The number of amides is 1. The molecule has 0 radical (unpaired) electrons. The summed E-state index contributed by atoms with van der Waals surface area (Å²) >= 11 is 1.53. The molecule has 0 bridgehead atoms. The fraction of sp³-hybridized carbons (Fsp3) is 0.727. The normalized spacial score (nSPS) is 14.2. The Hall–Kier alpha value is -1.08. The van der Waals surface area contributed by atoms with Crippen LogP contribution in [0.15, 0.2) is 0 Å². The van der Waals surface area contributed by atoms with E-state index in [-0.39, 0.29) is 18.3 Å². The smallest absolute Gasteiger partial charge is 0.291 e. The predicted molar refractivity (Wildman–Crippen MR) is 71.7 cm³/mol. The van der Waals surface area contributed by atoms with Crippen LogP contribution in [-0.4, -0.2) is 50.3 Å². The molecular formula is C11H20N4O2S. The molecule has 1 aromatic rings. The molecule has 0 aliphatic heterocycles. The van der Waals surface area contributed by atoms with Crippen LogP contribution in [0.4, 0.5) is 0 Å². The fourth-order valence-corrected chi connectivity index (χ4v) is 2.18. The first-order chi connectivity index (χ1) is 8.48. The molecule has 0 aromatic carbocycles. The van der Waals surface area contributed by atoms with Crippen molar-refractivity contribution in [3.63, 3.8) is 0 Å². The average Bonchev–Trinajstić information content (AvgIpc) is 2.75. The van der Waals surface area contributed by atoms with Crippen LogP contribution in [0.2, 0.25) is 0 Å². The van der Waals surface area contributed by atoms with E-state index in [2.05, 4.69) is 20.5 Å². The molecule has 0 spiro atoms. The monoisotopic (exact) mass is 272 g/mol. The Morgan fingerprint density at radius 2 is 2.33 bits per heavy atom. The largest absolute Gasteiger partial charge is 0.387 e. The van der Waals surface area contributed by atoms with E-state index in [0.717, 1.165) is 12.8 Å². The highest BCUT2D eigenvalue weighted by atomic mass is 32.2. The third-order valence-corrected chi connectivity index (χ3v) is 3.22. The first-order valence-corrected chi connectivity index (χ1v) is 7.28. The second-order valence-electron chi connectivity index (χ2n) is 4.47. The fourth-order valence-electron chi connectivity index (χ4n) is 1.46. The molecule has 1 amide bonds. The molecule has 6 nitrogen and oxygen atoms in total. The topological polar surface area (TPSA) is 90.9 Å². The number of carbonyl (C=O) groups is 1. The van der Waals surface area contributed by atoms with E-state index in [0.29, 0.717) is 11.6 Å². The van der Waals surface area contributed by atoms with Crippen LogP contribution < -0.4 is 5.32 Å². The average molecular weight is 272 g/mol. The van der Waals surface area contributed by atoms with Crippen LogP contribution >= 0.6 is 11.8 Å². The maximum atomic E-state index is 11.7. The molecule has 1 atom stereocenters. The molecule has 1 heterocycles. The molecule has 0 fully saturated rings. The zero-order valence-corrected chi connectivity index (χ0v) is 11.8. The number of nitrogens with one attached hydrogen (secondary N) is 2. The van der Waals surface area contributed by atoms with Crippen molar-refractivity contribution in [2.24, 2.45) is 0 Å². The molecule has 102 valence electrons. The van der Waals surface area contributed by atoms with Crippen LogP contribution in [-0.2, 0) is 6.42 Å². The number of thioether (sulfide) groups is 1. The van der Waals surface area contributed by atoms with Gasteiger partial charge in [-0.05, 0) is 19.6 Å². The Morgan fingerprint density at radius 3 is 2.94 bits per heavy atom. The van der Waals surface area contributed by atoms with E-state index in [9.17, 15) is 9.90 Å². The van der Waals surface area contributed by atoms with E-state index in [1.807, 2.05) is 13.2 Å². The summed E-state index contributed by atoms with van der Waals surface area (Å²) in [5.41, 5.74) is -0.919. The number of aromatic nitrogens is 3. The number of hydrogen-bond donors (Lipinski definition) is 3. The number of hydrogen-bond acceptors (Lipinski definition) is 5. The van der Waals surface area contributed by atoms with E-state index >= 15 is 0 Å². The second kappa shape index (κ2) is 6.75. The van der Waals surface area contributed by atoms with Gasteiger partial charge in [-0.15, -0.1) is 5.10 Å². The Bertz CT molecular complexity index is 392. The third kappa shape index (κ3) is 4.66. The number of aliphatic hydroxyl groups is 1. The van der Waals surface area contributed by atoms with Gasteiger partial charge in [-0.3, -0.25) is 9.89 Å². The lowest BCUT2D eigenvalue weighted by molar-refractivity contribution is 0.0719. The molecule has 0 saturated heterocycles. The van der Waals surface area contributed by atoms with Crippen molar-refractivity contribution in [3.8, 4) is 0 Å². The molecule has 0 aliphatic carbocycles. The lowest BCUT2D eigenvalue weighted by atomic mass is 10.1. The molecule has 1 unspecified atom stereocenters. The van der Waals surface area contributed by atoms with Crippen molar-refractivity contribution in [1.29, 1.82) is 0 Å². The number of carbonyl (C=O) groups excluding carboxylic acids is 1. The molecule has 0 saturated carbocycles. The van der Waals surface area contributed by atoms with Crippen molar-refractivity contribution < 1.29 is 9.90 Å². The minimum absolute atomic E-state index is 0.124. The number of aromatic amines is 1. The van der Waals surface area contributed by atoms with Crippen molar-refractivity contribution in [2.45, 2.75) is 32.3 Å². The SMILES string of the molecule is CCCc1nc(C(=O)NCC(C)(O)CSC)n[nH]1. The van der Waals surface area contributed by atoms with E-state index < -0.39 is 5.60 Å². The highest BCUT2D eigenvalue weighted by Crippen LogP contribution is 2.09. The predicted octanol–water partition coefficient (Wildman–Crippen LogP) is 0.601. The zero-order valence-electron chi connectivity index (χ0n) is 11.0. The van der Waals surface area contributed by atoms with Crippen LogP contribution in [0.1, 0.15) is 36.7 Å². The number of nitrogens with zero attached hydrogens (tertiary/aromatic N) is 2. The van der Waals surface area contributed by atoms with Gasteiger partial charge in [0.15, 0.2) is 0 Å². The standard InChI is InChI=1S/C11H20N4O2S/c1-4-5-8-13-9(15-14-8)10(16)12-6-11(2,17)7-18-3/h17H,4-7H2,1-3H3,(H,12,16)(H,13,14,15). The van der Waals surface area contributed by atoms with Crippen LogP contribution in [0, 0.1) is 0 Å². The highest BCUT2D eigenvalue weighted by molar-refractivity contribution is 7.98. The number of aryl methyl sites for hydroxylation is 1. The molecule has 7 heteroatoms. The molecular weight excluding hydrogens is 252 g/mol. The van der Waals surface area contributed by atoms with E-state index in [4.69, 9.17) is 0 Å². The Balaban J connectivity index is 2.49. The number of H-pyrrole nitrogens is 1. The summed E-state index contributed by atoms with van der Waals surface area (Å²) in [5, 5.41) is 19.1. The first kappa shape index (κ1) is 15.0. The summed E-state index contributed by atoms with van der Waals surface area (Å²) in [6.45, 7) is 3.90. The summed E-state index contributed by atoms with van der Waals surface area (Å²) in [4.78, 5) is 15.8. The molecule has 1 rings (SSSR count). The summed E-state index contributed by atoms with van der Waals surface area (Å²) in [6, 6.07) is 0. The number of rotatable bonds is 7. The third-order valence-electron chi connectivity index (χ3n) is 2.31. The van der Waals surface area contributed by atoms with Crippen molar-refractivity contribution in [2.75, 3.05) is 18.6 Å². The van der Waals surface area contributed by atoms with Crippen molar-refractivity contribution in [3.05, 3.63) is 11.6 Å². The maximum absolute atomic E-state index is 11.7. The van der Waals surface area contributed by atoms with Crippen LogP contribution in [0.3, 0.4) is 0 Å². The van der Waals surface area contributed by atoms with Gasteiger partial charge in [0.05, 0.1) is 5.60 Å². The van der Waals surface area contributed by atoms with Gasteiger partial charge in [0.25, 0.3) is 5.91 Å². The summed E-state index contributed by atoms with van der Waals surface area (Å²) in [7, 11) is 0.